The van der Waals surface area contributed by atoms with E-state index in [4.69, 9.17) is 20.5 Å². The van der Waals surface area contributed by atoms with Crippen LogP contribution in [0.2, 0.25) is 0 Å². The Balaban J connectivity index is 2.28. The van der Waals surface area contributed by atoms with Crippen molar-refractivity contribution < 1.29 is 9.47 Å². The molecule has 5 heteroatoms. The highest BCUT2D eigenvalue weighted by atomic mass is 32.1. The maximum absolute atomic E-state index is 9.02. The summed E-state index contributed by atoms with van der Waals surface area (Å²) in [6.45, 7) is 2.41. The Morgan fingerprint density at radius 3 is 2.65 bits per heavy atom. The standard InChI is InChI=1S/C15H16N2O2S/c1-10-3-4-20-15(10)14(9-17)19-13-6-11(8-16)5-12(7-13)18-2/h3-7,14H,9,17H2,1-2H3. The summed E-state index contributed by atoms with van der Waals surface area (Å²) in [4.78, 5) is 1.11. The van der Waals surface area contributed by atoms with Crippen LogP contribution in [0.25, 0.3) is 0 Å². The van der Waals surface area contributed by atoms with E-state index in [-0.39, 0.29) is 6.10 Å². The molecule has 0 aliphatic heterocycles. The van der Waals surface area contributed by atoms with Gasteiger partial charge in [-0.1, -0.05) is 0 Å². The Morgan fingerprint density at radius 2 is 2.10 bits per heavy atom. The van der Waals surface area contributed by atoms with Crippen LogP contribution in [-0.2, 0) is 0 Å². The molecule has 0 aliphatic carbocycles. The van der Waals surface area contributed by atoms with Gasteiger partial charge in [0.05, 0.1) is 18.7 Å². The molecule has 0 aliphatic rings. The van der Waals surface area contributed by atoms with Crippen molar-refractivity contribution >= 4 is 11.3 Å². The highest BCUT2D eigenvalue weighted by molar-refractivity contribution is 7.10. The molecule has 1 unspecified atom stereocenters. The third-order valence-electron chi connectivity index (χ3n) is 2.93. The average molecular weight is 288 g/mol. The SMILES string of the molecule is COc1cc(C#N)cc(OC(CN)c2sccc2C)c1. The minimum atomic E-state index is -0.214. The molecule has 104 valence electrons. The third kappa shape index (κ3) is 3.10. The second kappa shape index (κ2) is 6.42. The molecule has 0 amide bonds. The normalized spacial score (nSPS) is 11.7. The van der Waals surface area contributed by atoms with Crippen LogP contribution in [0.4, 0.5) is 0 Å². The van der Waals surface area contributed by atoms with Crippen molar-refractivity contribution in [1.82, 2.24) is 0 Å². The van der Waals surface area contributed by atoms with Crippen LogP contribution in [0.3, 0.4) is 0 Å². The lowest BCUT2D eigenvalue weighted by molar-refractivity contribution is 0.216. The molecule has 0 radical (unpaired) electrons. The van der Waals surface area contributed by atoms with Gasteiger partial charge in [0.1, 0.15) is 17.6 Å². The fraction of sp³-hybridized carbons (Fsp3) is 0.267. The fourth-order valence-electron chi connectivity index (χ4n) is 1.91. The van der Waals surface area contributed by atoms with Gasteiger partial charge in [-0.15, -0.1) is 11.3 Å². The average Bonchev–Trinajstić information content (AvgIpc) is 2.90. The van der Waals surface area contributed by atoms with Crippen LogP contribution in [0, 0.1) is 18.3 Å². The molecule has 2 aromatic rings. The summed E-state index contributed by atoms with van der Waals surface area (Å²) >= 11 is 1.62. The molecule has 0 bridgehead atoms. The van der Waals surface area contributed by atoms with Gasteiger partial charge in [0.2, 0.25) is 0 Å². The molecule has 2 N–H and O–H groups in total. The minimum absolute atomic E-state index is 0.214. The first-order chi connectivity index (χ1) is 9.67. The first-order valence-electron chi connectivity index (χ1n) is 6.17. The van der Waals surface area contributed by atoms with Crippen LogP contribution < -0.4 is 15.2 Å². The van der Waals surface area contributed by atoms with Crippen molar-refractivity contribution in [3.8, 4) is 17.6 Å². The van der Waals surface area contributed by atoms with Gasteiger partial charge in [0.25, 0.3) is 0 Å². The maximum atomic E-state index is 9.02. The van der Waals surface area contributed by atoms with Gasteiger partial charge in [-0.05, 0) is 36.1 Å². The number of hydrogen-bond acceptors (Lipinski definition) is 5. The van der Waals surface area contributed by atoms with E-state index in [2.05, 4.69) is 6.07 Å². The van der Waals surface area contributed by atoms with Crippen LogP contribution in [0.1, 0.15) is 22.1 Å². The first-order valence-corrected chi connectivity index (χ1v) is 7.05. The summed E-state index contributed by atoms with van der Waals surface area (Å²) in [7, 11) is 1.56. The monoisotopic (exact) mass is 288 g/mol. The van der Waals surface area contributed by atoms with Crippen LogP contribution >= 0.6 is 11.3 Å². The zero-order chi connectivity index (χ0) is 14.5. The smallest absolute Gasteiger partial charge is 0.145 e. The van der Waals surface area contributed by atoms with Crippen molar-refractivity contribution in [3.05, 3.63) is 45.6 Å². The number of rotatable bonds is 5. The predicted molar refractivity (Wildman–Crippen MR) is 79.2 cm³/mol. The molecule has 0 saturated heterocycles. The van der Waals surface area contributed by atoms with Crippen LogP contribution in [0.5, 0.6) is 11.5 Å². The second-order valence-electron chi connectivity index (χ2n) is 4.32. The summed E-state index contributed by atoms with van der Waals surface area (Å²) in [5.74, 6) is 1.18. The molecule has 0 saturated carbocycles. The van der Waals surface area contributed by atoms with E-state index in [1.54, 1.807) is 36.6 Å². The molecule has 0 spiro atoms. The molecule has 1 aromatic carbocycles. The molecular formula is C15H16N2O2S. The lowest BCUT2D eigenvalue weighted by Gasteiger charge is -2.18. The van der Waals surface area contributed by atoms with Gasteiger partial charge in [-0.3, -0.25) is 0 Å². The number of hydrogen-bond donors (Lipinski definition) is 1. The molecule has 1 heterocycles. The largest absolute Gasteiger partial charge is 0.497 e. The van der Waals surface area contributed by atoms with Gasteiger partial charge in [-0.2, -0.15) is 5.26 Å². The number of nitrogens with zero attached hydrogens (tertiary/aromatic N) is 1. The Hall–Kier alpha value is -2.03. The first kappa shape index (κ1) is 14.4. The molecule has 4 nitrogen and oxygen atoms in total. The highest BCUT2D eigenvalue weighted by Gasteiger charge is 2.16. The lowest BCUT2D eigenvalue weighted by atomic mass is 10.2. The number of nitrogens with two attached hydrogens (primary N) is 1. The molecule has 20 heavy (non-hydrogen) atoms. The van der Waals surface area contributed by atoms with Gasteiger partial charge in [0, 0.05) is 17.5 Å². The predicted octanol–water partition coefficient (Wildman–Crippen LogP) is 3.02. The van der Waals surface area contributed by atoms with E-state index >= 15 is 0 Å². The zero-order valence-electron chi connectivity index (χ0n) is 11.4. The van der Waals surface area contributed by atoms with E-state index in [1.807, 2.05) is 18.4 Å². The third-order valence-corrected chi connectivity index (χ3v) is 4.04. The van der Waals surface area contributed by atoms with E-state index in [0.29, 0.717) is 23.6 Å². The number of aryl methyl sites for hydroxylation is 1. The number of ether oxygens (including phenoxy) is 2. The summed E-state index contributed by atoms with van der Waals surface area (Å²) in [5.41, 5.74) is 7.47. The van der Waals surface area contributed by atoms with Crippen molar-refractivity contribution in [1.29, 1.82) is 5.26 Å². The van der Waals surface area contributed by atoms with Crippen molar-refractivity contribution in [2.45, 2.75) is 13.0 Å². The minimum Gasteiger partial charge on any atom is -0.497 e. The van der Waals surface area contributed by atoms with Crippen molar-refractivity contribution in [3.63, 3.8) is 0 Å². The van der Waals surface area contributed by atoms with Crippen LogP contribution in [0.15, 0.2) is 29.6 Å². The van der Waals surface area contributed by atoms with E-state index in [9.17, 15) is 0 Å². The molecular weight excluding hydrogens is 272 g/mol. The molecule has 1 aromatic heterocycles. The summed E-state index contributed by atoms with van der Waals surface area (Å²) < 4.78 is 11.1. The zero-order valence-corrected chi connectivity index (χ0v) is 12.2. The van der Waals surface area contributed by atoms with E-state index in [0.717, 1.165) is 10.4 Å². The van der Waals surface area contributed by atoms with E-state index in [1.165, 1.54) is 0 Å². The quantitative estimate of drug-likeness (QED) is 0.918. The molecule has 0 fully saturated rings. The molecule has 1 atom stereocenters. The Kier molecular flexibility index (Phi) is 4.61. The van der Waals surface area contributed by atoms with Crippen LogP contribution in [-0.4, -0.2) is 13.7 Å². The summed E-state index contributed by atoms with van der Waals surface area (Å²) in [6.07, 6.45) is -0.214. The second-order valence-corrected chi connectivity index (χ2v) is 5.27. The lowest BCUT2D eigenvalue weighted by Crippen LogP contribution is -2.18. The van der Waals surface area contributed by atoms with Gasteiger partial charge >= 0.3 is 0 Å². The number of benzene rings is 1. The fourth-order valence-corrected chi connectivity index (χ4v) is 2.88. The van der Waals surface area contributed by atoms with Crippen molar-refractivity contribution in [2.24, 2.45) is 5.73 Å². The highest BCUT2D eigenvalue weighted by Crippen LogP contribution is 2.30. The summed E-state index contributed by atoms with van der Waals surface area (Å²) in [6, 6.07) is 9.24. The van der Waals surface area contributed by atoms with Gasteiger partial charge < -0.3 is 15.2 Å². The number of nitriles is 1. The number of thiophene rings is 1. The number of methoxy groups -OCH3 is 1. The van der Waals surface area contributed by atoms with Gasteiger partial charge in [-0.25, -0.2) is 0 Å². The Labute approximate surface area is 122 Å². The summed E-state index contributed by atoms with van der Waals surface area (Å²) in [5, 5.41) is 11.0. The van der Waals surface area contributed by atoms with Gasteiger partial charge in [0.15, 0.2) is 0 Å². The Bertz CT molecular complexity index is 631. The molecule has 2 rings (SSSR count). The maximum Gasteiger partial charge on any atom is 0.145 e. The topological polar surface area (TPSA) is 68.3 Å². The van der Waals surface area contributed by atoms with E-state index < -0.39 is 0 Å². The van der Waals surface area contributed by atoms with Crippen molar-refractivity contribution in [2.75, 3.05) is 13.7 Å². The Morgan fingerprint density at radius 1 is 1.35 bits per heavy atom.